The number of amides is 1. The van der Waals surface area contributed by atoms with Crippen LogP contribution in [0.15, 0.2) is 35.2 Å². The fraction of sp³-hybridized carbons (Fsp3) is 0.480. The lowest BCUT2D eigenvalue weighted by atomic mass is 9.96. The fourth-order valence-electron chi connectivity index (χ4n) is 4.80. The lowest BCUT2D eigenvalue weighted by Gasteiger charge is -2.32. The Labute approximate surface area is 196 Å². The summed E-state index contributed by atoms with van der Waals surface area (Å²) < 4.78 is 39.3. The quantitative estimate of drug-likeness (QED) is 0.718. The minimum Gasteiger partial charge on any atom is -0.486 e. The van der Waals surface area contributed by atoms with Crippen LogP contribution in [-0.2, 0) is 14.8 Å². The van der Waals surface area contributed by atoms with Crippen molar-refractivity contribution < 1.29 is 22.7 Å². The van der Waals surface area contributed by atoms with Crippen LogP contribution < -0.4 is 14.8 Å². The van der Waals surface area contributed by atoms with Gasteiger partial charge in [-0.25, -0.2) is 8.42 Å². The van der Waals surface area contributed by atoms with Gasteiger partial charge in [0.1, 0.15) is 13.2 Å². The molecule has 1 saturated heterocycles. The molecule has 2 aliphatic rings. The van der Waals surface area contributed by atoms with Gasteiger partial charge in [0.25, 0.3) is 0 Å². The Morgan fingerprint density at radius 2 is 1.61 bits per heavy atom. The number of piperidine rings is 1. The minimum absolute atomic E-state index is 0.0443. The number of hydrogen-bond donors (Lipinski definition) is 1. The van der Waals surface area contributed by atoms with E-state index < -0.39 is 10.0 Å². The first-order valence-corrected chi connectivity index (χ1v) is 12.9. The van der Waals surface area contributed by atoms with Crippen LogP contribution in [0.4, 0.5) is 0 Å². The largest absolute Gasteiger partial charge is 0.486 e. The number of benzene rings is 2. The number of aryl methyl sites for hydroxylation is 3. The third-order valence-electron chi connectivity index (χ3n) is 6.45. The maximum atomic E-state index is 13.3. The van der Waals surface area contributed by atoms with Gasteiger partial charge in [0.05, 0.1) is 10.9 Å². The summed E-state index contributed by atoms with van der Waals surface area (Å²) in [5.74, 6) is 1.16. The van der Waals surface area contributed by atoms with E-state index in [-0.39, 0.29) is 17.9 Å². The third kappa shape index (κ3) is 4.87. The lowest BCUT2D eigenvalue weighted by Crippen LogP contribution is -2.43. The van der Waals surface area contributed by atoms with Crippen molar-refractivity contribution in [1.29, 1.82) is 0 Å². The van der Waals surface area contributed by atoms with Crippen LogP contribution in [0.2, 0.25) is 0 Å². The topological polar surface area (TPSA) is 84.9 Å². The molecule has 8 heteroatoms. The first-order chi connectivity index (χ1) is 15.7. The Morgan fingerprint density at radius 3 is 2.24 bits per heavy atom. The van der Waals surface area contributed by atoms with E-state index in [9.17, 15) is 13.2 Å². The molecule has 0 unspecified atom stereocenters. The number of carbonyl (C=O) groups excluding carboxylic acids is 1. The summed E-state index contributed by atoms with van der Waals surface area (Å²) in [6.07, 6.45) is 1.01. The summed E-state index contributed by atoms with van der Waals surface area (Å²) in [5, 5.41) is 3.08. The second kappa shape index (κ2) is 9.35. The highest BCUT2D eigenvalue weighted by Crippen LogP contribution is 2.33. The van der Waals surface area contributed by atoms with Crippen molar-refractivity contribution in [3.8, 4) is 11.5 Å². The summed E-state index contributed by atoms with van der Waals surface area (Å²) in [5.41, 5.74) is 3.52. The summed E-state index contributed by atoms with van der Waals surface area (Å²) in [4.78, 5) is 13.3. The Kier molecular flexibility index (Phi) is 6.68. The second-order valence-electron chi connectivity index (χ2n) is 9.04. The maximum absolute atomic E-state index is 13.3. The molecule has 0 radical (unpaired) electrons. The van der Waals surface area contributed by atoms with Crippen LogP contribution in [0.3, 0.4) is 0 Å². The molecule has 0 bridgehead atoms. The summed E-state index contributed by atoms with van der Waals surface area (Å²) >= 11 is 0. The standard InChI is InChI=1S/C25H32N2O5S/c1-16-13-17(2)24(18(3)14-16)33(29,30)27-9-7-20(8-10-27)25(28)26-19(4)21-5-6-22-23(15-21)32-12-11-31-22/h5-6,13-15,19-20H,7-12H2,1-4H3,(H,26,28)/t19-/m1/s1. The molecule has 2 aromatic rings. The Morgan fingerprint density at radius 1 is 1.00 bits per heavy atom. The molecule has 2 aliphatic heterocycles. The SMILES string of the molecule is Cc1cc(C)c(S(=O)(=O)N2CCC(C(=O)N[C@H](C)c3ccc4c(c3)OCCO4)CC2)c(C)c1. The number of nitrogens with one attached hydrogen (secondary N) is 1. The molecule has 7 nitrogen and oxygen atoms in total. The molecule has 1 fully saturated rings. The van der Waals surface area contributed by atoms with E-state index >= 15 is 0 Å². The molecule has 33 heavy (non-hydrogen) atoms. The molecule has 0 aromatic heterocycles. The number of ether oxygens (including phenoxy) is 2. The van der Waals surface area contributed by atoms with E-state index in [1.54, 1.807) is 0 Å². The van der Waals surface area contributed by atoms with Gasteiger partial charge in [-0.05, 0) is 69.4 Å². The van der Waals surface area contributed by atoms with Crippen LogP contribution in [0.25, 0.3) is 0 Å². The van der Waals surface area contributed by atoms with Crippen LogP contribution in [0, 0.1) is 26.7 Å². The summed E-state index contributed by atoms with van der Waals surface area (Å²) in [7, 11) is -3.59. The molecule has 1 N–H and O–H groups in total. The first-order valence-electron chi connectivity index (χ1n) is 11.4. The summed E-state index contributed by atoms with van der Waals surface area (Å²) in [6, 6.07) is 9.32. The Balaban J connectivity index is 1.38. The fourth-order valence-corrected chi connectivity index (χ4v) is 6.69. The molecular weight excluding hydrogens is 440 g/mol. The highest BCUT2D eigenvalue weighted by molar-refractivity contribution is 7.89. The predicted molar refractivity (Wildman–Crippen MR) is 126 cm³/mol. The molecule has 0 saturated carbocycles. The molecule has 2 heterocycles. The van der Waals surface area contributed by atoms with Gasteiger partial charge in [0.2, 0.25) is 15.9 Å². The van der Waals surface area contributed by atoms with Crippen molar-refractivity contribution in [1.82, 2.24) is 9.62 Å². The Hall–Kier alpha value is -2.58. The highest BCUT2D eigenvalue weighted by atomic mass is 32.2. The molecule has 1 atom stereocenters. The van der Waals surface area contributed by atoms with Gasteiger partial charge in [-0.2, -0.15) is 4.31 Å². The molecular formula is C25H32N2O5S. The van der Waals surface area contributed by atoms with Crippen LogP contribution >= 0.6 is 0 Å². The van der Waals surface area contributed by atoms with Gasteiger partial charge in [0, 0.05) is 19.0 Å². The zero-order chi connectivity index (χ0) is 23.8. The van der Waals surface area contributed by atoms with Gasteiger partial charge in [0.15, 0.2) is 11.5 Å². The smallest absolute Gasteiger partial charge is 0.243 e. The molecule has 0 aliphatic carbocycles. The normalized spacial score (nSPS) is 18.1. The molecule has 178 valence electrons. The van der Waals surface area contributed by atoms with Gasteiger partial charge >= 0.3 is 0 Å². The van der Waals surface area contributed by atoms with Gasteiger partial charge in [-0.1, -0.05) is 23.8 Å². The van der Waals surface area contributed by atoms with Gasteiger partial charge in [-0.15, -0.1) is 0 Å². The van der Waals surface area contributed by atoms with Crippen molar-refractivity contribution in [2.75, 3.05) is 26.3 Å². The number of hydrogen-bond acceptors (Lipinski definition) is 5. The lowest BCUT2D eigenvalue weighted by molar-refractivity contribution is -0.126. The predicted octanol–water partition coefficient (Wildman–Crippen LogP) is 3.66. The average Bonchev–Trinajstić information content (AvgIpc) is 2.78. The van der Waals surface area contributed by atoms with Crippen molar-refractivity contribution in [3.05, 3.63) is 52.6 Å². The molecule has 4 rings (SSSR count). The van der Waals surface area contributed by atoms with E-state index in [4.69, 9.17) is 9.47 Å². The van der Waals surface area contributed by atoms with E-state index in [2.05, 4.69) is 5.32 Å². The molecule has 2 aromatic carbocycles. The molecule has 0 spiro atoms. The third-order valence-corrected chi connectivity index (χ3v) is 8.66. The van der Waals surface area contributed by atoms with Crippen molar-refractivity contribution >= 4 is 15.9 Å². The number of rotatable bonds is 5. The monoisotopic (exact) mass is 472 g/mol. The molecule has 1 amide bonds. The van der Waals surface area contributed by atoms with Crippen molar-refractivity contribution in [3.63, 3.8) is 0 Å². The van der Waals surface area contributed by atoms with Crippen LogP contribution in [0.5, 0.6) is 11.5 Å². The van der Waals surface area contributed by atoms with Gasteiger partial charge < -0.3 is 14.8 Å². The van der Waals surface area contributed by atoms with E-state index in [0.29, 0.717) is 49.8 Å². The second-order valence-corrected chi connectivity index (χ2v) is 10.9. The maximum Gasteiger partial charge on any atom is 0.243 e. The average molecular weight is 473 g/mol. The number of nitrogens with zero attached hydrogens (tertiary/aromatic N) is 1. The van der Waals surface area contributed by atoms with Crippen molar-refractivity contribution in [2.24, 2.45) is 5.92 Å². The van der Waals surface area contributed by atoms with E-state index in [0.717, 1.165) is 28.0 Å². The minimum atomic E-state index is -3.59. The van der Waals surface area contributed by atoms with Crippen LogP contribution in [-0.4, -0.2) is 44.9 Å². The Bertz CT molecular complexity index is 1130. The zero-order valence-electron chi connectivity index (χ0n) is 19.7. The van der Waals surface area contributed by atoms with Crippen molar-refractivity contribution in [2.45, 2.75) is 51.5 Å². The summed E-state index contributed by atoms with van der Waals surface area (Å²) in [6.45, 7) is 9.31. The highest BCUT2D eigenvalue weighted by Gasteiger charge is 2.34. The first kappa shape index (κ1) is 23.6. The zero-order valence-corrected chi connectivity index (χ0v) is 20.5. The number of sulfonamides is 1. The van der Waals surface area contributed by atoms with E-state index in [1.165, 1.54) is 4.31 Å². The number of carbonyl (C=O) groups is 1. The van der Waals surface area contributed by atoms with Crippen LogP contribution in [0.1, 0.15) is 48.1 Å². The van der Waals surface area contributed by atoms with Gasteiger partial charge in [-0.3, -0.25) is 4.79 Å². The number of fused-ring (bicyclic) bond motifs is 1. The van der Waals surface area contributed by atoms with E-state index in [1.807, 2.05) is 58.0 Å².